The topological polar surface area (TPSA) is 71.4 Å². The Bertz CT molecular complexity index is 925. The van der Waals surface area contributed by atoms with E-state index in [0.717, 1.165) is 18.4 Å². The summed E-state index contributed by atoms with van der Waals surface area (Å²) in [5.41, 5.74) is 0.957. The van der Waals surface area contributed by atoms with Crippen molar-refractivity contribution in [3.8, 4) is 0 Å². The second kappa shape index (κ2) is 8.82. The lowest BCUT2D eigenvalue weighted by atomic mass is 10.1. The third kappa shape index (κ3) is 4.65. The summed E-state index contributed by atoms with van der Waals surface area (Å²) >= 11 is 0. The number of rotatable bonds is 7. The molecule has 1 N–H and O–H groups in total. The Balaban J connectivity index is 1.46. The summed E-state index contributed by atoms with van der Waals surface area (Å²) in [5, 5.41) is 2.84. The number of benzene rings is 1. The van der Waals surface area contributed by atoms with Crippen molar-refractivity contribution in [1.29, 1.82) is 0 Å². The largest absolute Gasteiger partial charge is 0.356 e. The zero-order valence-corrected chi connectivity index (χ0v) is 15.9. The fourth-order valence-electron chi connectivity index (χ4n) is 3.36. The molecule has 1 fully saturated rings. The SMILES string of the molecule is Cc1ccc(N2CC(C(=O)NCCCCn3ccccc3=O)CC2=O)c(F)c1. The standard InChI is InChI=1S/C21H24FN3O3/c1-15-7-8-18(17(22)12-15)25-14-16(13-20(25)27)21(28)23-9-3-5-11-24-10-4-2-6-19(24)26/h2,4,6-8,10,12,16H,3,5,9,11,13-14H2,1H3,(H,23,28). The van der Waals surface area contributed by atoms with Gasteiger partial charge in [-0.05, 0) is 43.5 Å². The van der Waals surface area contributed by atoms with E-state index in [0.29, 0.717) is 13.1 Å². The minimum Gasteiger partial charge on any atom is -0.356 e. The minimum absolute atomic E-state index is 0.0422. The zero-order chi connectivity index (χ0) is 20.1. The normalized spacial score (nSPS) is 16.4. The lowest BCUT2D eigenvalue weighted by molar-refractivity contribution is -0.126. The van der Waals surface area contributed by atoms with Crippen LogP contribution in [0, 0.1) is 18.7 Å². The van der Waals surface area contributed by atoms with Gasteiger partial charge in [-0.3, -0.25) is 14.4 Å². The van der Waals surface area contributed by atoms with Crippen molar-refractivity contribution in [1.82, 2.24) is 9.88 Å². The Kier molecular flexibility index (Phi) is 6.23. The smallest absolute Gasteiger partial charge is 0.250 e. The minimum atomic E-state index is -0.482. The number of nitrogens with zero attached hydrogens (tertiary/aromatic N) is 2. The second-order valence-electron chi connectivity index (χ2n) is 7.09. The van der Waals surface area contributed by atoms with Gasteiger partial charge >= 0.3 is 0 Å². The van der Waals surface area contributed by atoms with Crippen LogP contribution in [-0.2, 0) is 16.1 Å². The second-order valence-corrected chi connectivity index (χ2v) is 7.09. The van der Waals surface area contributed by atoms with Crippen LogP contribution in [0.25, 0.3) is 0 Å². The molecule has 1 aromatic carbocycles. The van der Waals surface area contributed by atoms with Crippen LogP contribution in [0.3, 0.4) is 0 Å². The van der Waals surface area contributed by atoms with Crippen LogP contribution >= 0.6 is 0 Å². The molecule has 2 amide bonds. The summed E-state index contributed by atoms with van der Waals surface area (Å²) in [5.74, 6) is -1.37. The summed E-state index contributed by atoms with van der Waals surface area (Å²) in [6.07, 6.45) is 3.31. The molecule has 148 valence electrons. The molecule has 2 heterocycles. The molecular weight excluding hydrogens is 361 g/mol. The fraction of sp³-hybridized carbons (Fsp3) is 0.381. The lowest BCUT2D eigenvalue weighted by Gasteiger charge is -2.17. The molecule has 0 aliphatic carbocycles. The molecular formula is C21H24FN3O3. The van der Waals surface area contributed by atoms with E-state index >= 15 is 0 Å². The number of aromatic nitrogens is 1. The number of nitrogens with one attached hydrogen (secondary N) is 1. The van der Waals surface area contributed by atoms with E-state index in [1.54, 1.807) is 35.9 Å². The van der Waals surface area contributed by atoms with Gasteiger partial charge in [0.2, 0.25) is 17.4 Å². The number of unbranched alkanes of at least 4 members (excludes halogenated alkanes) is 1. The van der Waals surface area contributed by atoms with E-state index < -0.39 is 11.7 Å². The predicted molar refractivity (Wildman–Crippen MR) is 105 cm³/mol. The number of carbonyl (C=O) groups excluding carboxylic acids is 2. The highest BCUT2D eigenvalue weighted by Crippen LogP contribution is 2.28. The first-order valence-corrected chi connectivity index (χ1v) is 9.45. The molecule has 1 aliphatic rings. The van der Waals surface area contributed by atoms with Crippen LogP contribution in [0.15, 0.2) is 47.4 Å². The number of carbonyl (C=O) groups is 2. The molecule has 1 atom stereocenters. The molecule has 1 unspecified atom stereocenters. The van der Waals surface area contributed by atoms with Crippen molar-refractivity contribution in [2.45, 2.75) is 32.7 Å². The van der Waals surface area contributed by atoms with Crippen molar-refractivity contribution in [3.05, 3.63) is 64.3 Å². The number of hydrogen-bond acceptors (Lipinski definition) is 3. The molecule has 0 radical (unpaired) electrons. The summed E-state index contributed by atoms with van der Waals surface area (Å²) in [6.45, 7) is 3.04. The summed E-state index contributed by atoms with van der Waals surface area (Å²) in [4.78, 5) is 37.6. The van der Waals surface area contributed by atoms with Gasteiger partial charge in [-0.25, -0.2) is 4.39 Å². The van der Waals surface area contributed by atoms with Gasteiger partial charge < -0.3 is 14.8 Å². The molecule has 28 heavy (non-hydrogen) atoms. The van der Waals surface area contributed by atoms with E-state index in [-0.39, 0.29) is 36.0 Å². The van der Waals surface area contributed by atoms with Gasteiger partial charge in [-0.1, -0.05) is 12.1 Å². The van der Waals surface area contributed by atoms with E-state index in [1.807, 2.05) is 6.07 Å². The maximum absolute atomic E-state index is 14.1. The van der Waals surface area contributed by atoms with E-state index in [9.17, 15) is 18.8 Å². The van der Waals surface area contributed by atoms with E-state index in [2.05, 4.69) is 5.32 Å². The van der Waals surface area contributed by atoms with Gasteiger partial charge in [-0.2, -0.15) is 0 Å². The molecule has 6 nitrogen and oxygen atoms in total. The Morgan fingerprint density at radius 1 is 1.21 bits per heavy atom. The highest BCUT2D eigenvalue weighted by Gasteiger charge is 2.35. The third-order valence-electron chi connectivity index (χ3n) is 4.91. The van der Waals surface area contributed by atoms with Crippen molar-refractivity contribution in [2.75, 3.05) is 18.0 Å². The first kappa shape index (κ1) is 19.8. The van der Waals surface area contributed by atoms with Crippen molar-refractivity contribution in [2.24, 2.45) is 5.92 Å². The maximum atomic E-state index is 14.1. The van der Waals surface area contributed by atoms with Gasteiger partial charge in [0.15, 0.2) is 0 Å². The highest BCUT2D eigenvalue weighted by atomic mass is 19.1. The van der Waals surface area contributed by atoms with Crippen LogP contribution in [0.4, 0.5) is 10.1 Å². The predicted octanol–water partition coefficient (Wildman–Crippen LogP) is 2.25. The lowest BCUT2D eigenvalue weighted by Crippen LogP contribution is -2.33. The highest BCUT2D eigenvalue weighted by molar-refractivity contribution is 6.00. The Morgan fingerprint density at radius 3 is 2.79 bits per heavy atom. The van der Waals surface area contributed by atoms with Crippen LogP contribution < -0.4 is 15.8 Å². The monoisotopic (exact) mass is 385 g/mol. The van der Waals surface area contributed by atoms with Gasteiger partial charge in [0.05, 0.1) is 11.6 Å². The average molecular weight is 385 g/mol. The van der Waals surface area contributed by atoms with Crippen molar-refractivity contribution >= 4 is 17.5 Å². The van der Waals surface area contributed by atoms with Gasteiger partial charge in [-0.15, -0.1) is 0 Å². The van der Waals surface area contributed by atoms with Crippen molar-refractivity contribution < 1.29 is 14.0 Å². The van der Waals surface area contributed by atoms with Gasteiger partial charge in [0.1, 0.15) is 5.82 Å². The molecule has 1 aliphatic heterocycles. The molecule has 0 saturated carbocycles. The van der Waals surface area contributed by atoms with Gasteiger partial charge in [0.25, 0.3) is 0 Å². The molecule has 2 aromatic rings. The van der Waals surface area contributed by atoms with E-state index in [1.165, 1.54) is 17.0 Å². The number of halogens is 1. The maximum Gasteiger partial charge on any atom is 0.250 e. The number of pyridine rings is 1. The van der Waals surface area contributed by atoms with Crippen molar-refractivity contribution in [3.63, 3.8) is 0 Å². The Morgan fingerprint density at radius 2 is 2.04 bits per heavy atom. The van der Waals surface area contributed by atoms with Crippen LogP contribution in [0.1, 0.15) is 24.8 Å². The number of amides is 2. The third-order valence-corrected chi connectivity index (χ3v) is 4.91. The summed E-state index contributed by atoms with van der Waals surface area (Å²) < 4.78 is 15.8. The number of anilines is 1. The zero-order valence-electron chi connectivity index (χ0n) is 15.9. The molecule has 0 spiro atoms. The number of aryl methyl sites for hydroxylation is 2. The first-order chi connectivity index (χ1) is 13.5. The molecule has 7 heteroatoms. The van der Waals surface area contributed by atoms with Crippen LogP contribution in [0.2, 0.25) is 0 Å². The quantitative estimate of drug-likeness (QED) is 0.743. The van der Waals surface area contributed by atoms with Crippen LogP contribution in [0.5, 0.6) is 0 Å². The molecule has 1 aromatic heterocycles. The molecule has 0 bridgehead atoms. The van der Waals surface area contributed by atoms with Crippen LogP contribution in [-0.4, -0.2) is 29.5 Å². The average Bonchev–Trinajstić information content (AvgIpc) is 3.04. The summed E-state index contributed by atoms with van der Waals surface area (Å²) in [6, 6.07) is 9.73. The van der Waals surface area contributed by atoms with Gasteiger partial charge in [0, 0.05) is 38.3 Å². The fourth-order valence-corrected chi connectivity index (χ4v) is 3.36. The molecule has 1 saturated heterocycles. The summed E-state index contributed by atoms with van der Waals surface area (Å²) in [7, 11) is 0. The molecule has 3 rings (SSSR count). The Labute approximate surface area is 163 Å². The Hall–Kier alpha value is -2.96. The van der Waals surface area contributed by atoms with E-state index in [4.69, 9.17) is 0 Å². The first-order valence-electron chi connectivity index (χ1n) is 9.45. The number of hydrogen-bond donors (Lipinski definition) is 1.